The van der Waals surface area contributed by atoms with E-state index in [9.17, 15) is 14.4 Å². The third-order valence-electron chi connectivity index (χ3n) is 4.22. The summed E-state index contributed by atoms with van der Waals surface area (Å²) in [5.41, 5.74) is 3.75. The minimum Gasteiger partial charge on any atom is -0.452 e. The van der Waals surface area contributed by atoms with Crippen LogP contribution in [-0.4, -0.2) is 29.1 Å². The standard InChI is InChI=1S/C22H21N3O4/c1-15-5-10-19(16(2)13-15)23-22(28)24-20(26)14-29-21(27)17-6-8-18(9-7-17)25-11-3-4-12-25/h3-13H,14H2,1-2H3,(H2,23,24,26,28). The summed E-state index contributed by atoms with van der Waals surface area (Å²) < 4.78 is 6.87. The molecule has 0 fully saturated rings. The van der Waals surface area contributed by atoms with Crippen LogP contribution >= 0.6 is 0 Å². The number of aryl methyl sites for hydroxylation is 2. The molecular formula is C22H21N3O4. The van der Waals surface area contributed by atoms with Crippen molar-refractivity contribution in [1.29, 1.82) is 0 Å². The highest BCUT2D eigenvalue weighted by molar-refractivity contribution is 6.02. The molecule has 1 aromatic heterocycles. The normalized spacial score (nSPS) is 10.3. The second kappa shape index (κ2) is 8.88. The molecule has 0 aliphatic rings. The molecule has 2 aromatic carbocycles. The molecule has 0 atom stereocenters. The number of nitrogens with one attached hydrogen (secondary N) is 2. The first-order chi connectivity index (χ1) is 13.9. The Kier molecular flexibility index (Phi) is 6.09. The van der Waals surface area contributed by atoms with Gasteiger partial charge in [0.2, 0.25) is 0 Å². The Morgan fingerprint density at radius 3 is 2.31 bits per heavy atom. The number of rotatable bonds is 5. The molecule has 7 nitrogen and oxygen atoms in total. The van der Waals surface area contributed by atoms with Gasteiger partial charge in [0.15, 0.2) is 6.61 Å². The van der Waals surface area contributed by atoms with E-state index in [4.69, 9.17) is 4.74 Å². The number of hydrogen-bond acceptors (Lipinski definition) is 4. The van der Waals surface area contributed by atoms with Crippen LogP contribution in [0, 0.1) is 13.8 Å². The Hall–Kier alpha value is -3.87. The van der Waals surface area contributed by atoms with E-state index in [1.54, 1.807) is 30.3 Å². The predicted molar refractivity (Wildman–Crippen MR) is 109 cm³/mol. The van der Waals surface area contributed by atoms with E-state index >= 15 is 0 Å². The van der Waals surface area contributed by atoms with Crippen LogP contribution in [0.25, 0.3) is 5.69 Å². The van der Waals surface area contributed by atoms with Crippen molar-refractivity contribution >= 4 is 23.6 Å². The van der Waals surface area contributed by atoms with Gasteiger partial charge in [0.25, 0.3) is 5.91 Å². The molecule has 0 unspecified atom stereocenters. The maximum atomic E-state index is 12.1. The Labute approximate surface area is 168 Å². The first-order valence-corrected chi connectivity index (χ1v) is 9.01. The van der Waals surface area contributed by atoms with Gasteiger partial charge in [-0.3, -0.25) is 10.1 Å². The SMILES string of the molecule is Cc1ccc(NC(=O)NC(=O)COC(=O)c2ccc(-n3cccc3)cc2)c(C)c1. The predicted octanol–water partition coefficient (Wildman–Crippen LogP) is 3.60. The minimum atomic E-state index is -0.718. The van der Waals surface area contributed by atoms with E-state index in [1.807, 2.05) is 55.1 Å². The first kappa shape index (κ1) is 19.9. The van der Waals surface area contributed by atoms with Crippen LogP contribution in [0.4, 0.5) is 10.5 Å². The van der Waals surface area contributed by atoms with Crippen LogP contribution in [0.1, 0.15) is 21.5 Å². The van der Waals surface area contributed by atoms with E-state index in [1.165, 1.54) is 0 Å². The lowest BCUT2D eigenvalue weighted by molar-refractivity contribution is -0.123. The van der Waals surface area contributed by atoms with Crippen LogP contribution in [0.5, 0.6) is 0 Å². The summed E-state index contributed by atoms with van der Waals surface area (Å²) in [6, 6.07) is 15.4. The number of hydrogen-bond donors (Lipinski definition) is 2. The quantitative estimate of drug-likeness (QED) is 0.651. The largest absolute Gasteiger partial charge is 0.452 e. The number of benzene rings is 2. The highest BCUT2D eigenvalue weighted by Crippen LogP contribution is 2.15. The van der Waals surface area contributed by atoms with Crippen LogP contribution in [-0.2, 0) is 9.53 Å². The van der Waals surface area contributed by atoms with Crippen molar-refractivity contribution in [2.75, 3.05) is 11.9 Å². The monoisotopic (exact) mass is 391 g/mol. The molecule has 0 spiro atoms. The van der Waals surface area contributed by atoms with Gasteiger partial charge in [0.1, 0.15) is 0 Å². The van der Waals surface area contributed by atoms with E-state index < -0.39 is 24.5 Å². The fourth-order valence-corrected chi connectivity index (χ4v) is 2.76. The number of ether oxygens (including phenoxy) is 1. The van der Waals surface area contributed by atoms with Crippen molar-refractivity contribution in [3.05, 3.63) is 83.7 Å². The molecular weight excluding hydrogens is 370 g/mol. The number of anilines is 1. The zero-order valence-electron chi connectivity index (χ0n) is 16.1. The van der Waals surface area contributed by atoms with Crippen LogP contribution in [0.15, 0.2) is 67.0 Å². The summed E-state index contributed by atoms with van der Waals surface area (Å²) in [6.45, 7) is 3.25. The number of amides is 3. The Morgan fingerprint density at radius 1 is 0.966 bits per heavy atom. The molecule has 1 heterocycles. The number of urea groups is 1. The average Bonchev–Trinajstić information content (AvgIpc) is 3.23. The zero-order valence-corrected chi connectivity index (χ0v) is 16.1. The summed E-state index contributed by atoms with van der Waals surface area (Å²) >= 11 is 0. The molecule has 3 aromatic rings. The third-order valence-corrected chi connectivity index (χ3v) is 4.22. The lowest BCUT2D eigenvalue weighted by Gasteiger charge is -2.10. The number of carbonyl (C=O) groups excluding carboxylic acids is 3. The number of imide groups is 1. The van der Waals surface area contributed by atoms with E-state index in [0.717, 1.165) is 16.8 Å². The first-order valence-electron chi connectivity index (χ1n) is 9.01. The van der Waals surface area contributed by atoms with Crippen molar-refractivity contribution < 1.29 is 19.1 Å². The Morgan fingerprint density at radius 2 is 1.66 bits per heavy atom. The highest BCUT2D eigenvalue weighted by Gasteiger charge is 2.13. The van der Waals surface area contributed by atoms with Crippen molar-refractivity contribution in [1.82, 2.24) is 9.88 Å². The summed E-state index contributed by atoms with van der Waals surface area (Å²) in [5.74, 6) is -1.36. The number of aromatic nitrogens is 1. The second-order valence-electron chi connectivity index (χ2n) is 6.53. The third kappa shape index (κ3) is 5.32. The molecule has 7 heteroatoms. The molecule has 0 aliphatic carbocycles. The number of nitrogens with zero attached hydrogens (tertiary/aromatic N) is 1. The van der Waals surface area contributed by atoms with Crippen molar-refractivity contribution in [3.63, 3.8) is 0 Å². The van der Waals surface area contributed by atoms with Gasteiger partial charge in [-0.05, 0) is 61.9 Å². The van der Waals surface area contributed by atoms with Gasteiger partial charge in [-0.25, -0.2) is 9.59 Å². The smallest absolute Gasteiger partial charge is 0.338 e. The van der Waals surface area contributed by atoms with Gasteiger partial charge in [-0.1, -0.05) is 17.7 Å². The molecule has 3 amide bonds. The van der Waals surface area contributed by atoms with Gasteiger partial charge in [0, 0.05) is 23.8 Å². The molecule has 0 saturated carbocycles. The van der Waals surface area contributed by atoms with Crippen molar-refractivity contribution in [3.8, 4) is 5.69 Å². The molecule has 29 heavy (non-hydrogen) atoms. The fraction of sp³-hybridized carbons (Fsp3) is 0.136. The molecule has 2 N–H and O–H groups in total. The van der Waals surface area contributed by atoms with Crippen LogP contribution in [0.2, 0.25) is 0 Å². The van der Waals surface area contributed by atoms with Crippen molar-refractivity contribution in [2.24, 2.45) is 0 Å². The molecule has 0 saturated heterocycles. The number of esters is 1. The summed E-state index contributed by atoms with van der Waals surface area (Å²) in [6.07, 6.45) is 3.78. The minimum absolute atomic E-state index is 0.313. The second-order valence-corrected chi connectivity index (χ2v) is 6.53. The summed E-state index contributed by atoms with van der Waals surface area (Å²) in [5, 5.41) is 4.73. The fourth-order valence-electron chi connectivity index (χ4n) is 2.76. The van der Waals surface area contributed by atoms with Gasteiger partial charge in [-0.2, -0.15) is 0 Å². The van der Waals surface area contributed by atoms with Gasteiger partial charge in [0.05, 0.1) is 5.56 Å². The van der Waals surface area contributed by atoms with Gasteiger partial charge in [-0.15, -0.1) is 0 Å². The van der Waals surface area contributed by atoms with Gasteiger partial charge < -0.3 is 14.6 Å². The molecule has 0 aliphatic heterocycles. The lowest BCUT2D eigenvalue weighted by Crippen LogP contribution is -2.37. The topological polar surface area (TPSA) is 89.4 Å². The van der Waals surface area contributed by atoms with Crippen LogP contribution in [0.3, 0.4) is 0 Å². The maximum absolute atomic E-state index is 12.1. The summed E-state index contributed by atoms with van der Waals surface area (Å²) in [7, 11) is 0. The Bertz CT molecular complexity index is 1020. The number of carbonyl (C=O) groups is 3. The lowest BCUT2D eigenvalue weighted by atomic mass is 10.1. The molecule has 148 valence electrons. The molecule has 3 rings (SSSR count). The van der Waals surface area contributed by atoms with Gasteiger partial charge >= 0.3 is 12.0 Å². The molecule has 0 bridgehead atoms. The van der Waals surface area contributed by atoms with E-state index in [2.05, 4.69) is 10.6 Å². The Balaban J connectivity index is 1.48. The van der Waals surface area contributed by atoms with Crippen molar-refractivity contribution in [2.45, 2.75) is 13.8 Å². The van der Waals surface area contributed by atoms with E-state index in [0.29, 0.717) is 11.3 Å². The highest BCUT2D eigenvalue weighted by atomic mass is 16.5. The maximum Gasteiger partial charge on any atom is 0.338 e. The van der Waals surface area contributed by atoms with E-state index in [-0.39, 0.29) is 0 Å². The summed E-state index contributed by atoms with van der Waals surface area (Å²) in [4.78, 5) is 35.9. The molecule has 0 radical (unpaired) electrons. The zero-order chi connectivity index (χ0) is 20.8. The average molecular weight is 391 g/mol. The van der Waals surface area contributed by atoms with Crippen LogP contribution < -0.4 is 10.6 Å².